The molecule has 0 aromatic carbocycles. The number of aromatic nitrogens is 4. The van der Waals surface area contributed by atoms with Crippen LogP contribution in [0.15, 0.2) is 24.8 Å². The molecule has 134 valence electrons. The van der Waals surface area contributed by atoms with Gasteiger partial charge in [-0.15, -0.1) is 11.3 Å². The van der Waals surface area contributed by atoms with Gasteiger partial charge in [-0.2, -0.15) is 0 Å². The van der Waals surface area contributed by atoms with Crippen LogP contribution in [0.1, 0.15) is 27.5 Å². The SMILES string of the molecule is Cc1cnc(C(=O)N2CCN(c3ncnc4[nH]ccc34)CC3(CC3)C2)s1. The van der Waals surface area contributed by atoms with Gasteiger partial charge in [0.2, 0.25) is 0 Å². The highest BCUT2D eigenvalue weighted by molar-refractivity contribution is 7.13. The molecule has 1 aliphatic carbocycles. The fourth-order valence-corrected chi connectivity index (χ4v) is 4.54. The van der Waals surface area contributed by atoms with Gasteiger partial charge in [0.1, 0.15) is 17.8 Å². The minimum atomic E-state index is 0.0608. The van der Waals surface area contributed by atoms with Crippen molar-refractivity contribution in [3.8, 4) is 0 Å². The quantitative estimate of drug-likeness (QED) is 0.752. The van der Waals surface area contributed by atoms with E-state index in [-0.39, 0.29) is 11.3 Å². The van der Waals surface area contributed by atoms with Crippen LogP contribution in [0.4, 0.5) is 5.82 Å². The summed E-state index contributed by atoms with van der Waals surface area (Å²) in [5.74, 6) is 1.02. The molecule has 1 amide bonds. The summed E-state index contributed by atoms with van der Waals surface area (Å²) >= 11 is 1.48. The van der Waals surface area contributed by atoms with E-state index in [0.717, 1.165) is 54.2 Å². The Morgan fingerprint density at radius 1 is 1.23 bits per heavy atom. The topological polar surface area (TPSA) is 78.0 Å². The number of amides is 1. The van der Waals surface area contributed by atoms with E-state index in [1.54, 1.807) is 12.5 Å². The number of hydrogen-bond acceptors (Lipinski definition) is 6. The molecule has 0 unspecified atom stereocenters. The lowest BCUT2D eigenvalue weighted by Crippen LogP contribution is -2.36. The largest absolute Gasteiger partial charge is 0.354 e. The number of hydrogen-bond donors (Lipinski definition) is 1. The number of nitrogens with one attached hydrogen (secondary N) is 1. The molecule has 8 heteroatoms. The molecule has 1 N–H and O–H groups in total. The van der Waals surface area contributed by atoms with Crippen LogP contribution in [0, 0.1) is 12.3 Å². The Morgan fingerprint density at radius 3 is 2.88 bits per heavy atom. The van der Waals surface area contributed by atoms with Crippen LogP contribution in [-0.4, -0.2) is 56.9 Å². The second-order valence-corrected chi connectivity index (χ2v) is 8.60. The Hall–Kier alpha value is -2.48. The second-order valence-electron chi connectivity index (χ2n) is 7.36. The normalized spacial score (nSPS) is 19.1. The molecule has 7 nitrogen and oxygen atoms in total. The first-order valence-electron chi connectivity index (χ1n) is 8.88. The van der Waals surface area contributed by atoms with Gasteiger partial charge in [-0.05, 0) is 25.8 Å². The van der Waals surface area contributed by atoms with Crippen LogP contribution in [0.25, 0.3) is 11.0 Å². The van der Waals surface area contributed by atoms with Gasteiger partial charge in [0.05, 0.1) is 5.39 Å². The van der Waals surface area contributed by atoms with Crippen LogP contribution >= 0.6 is 11.3 Å². The van der Waals surface area contributed by atoms with Crippen LogP contribution in [-0.2, 0) is 0 Å². The van der Waals surface area contributed by atoms with Gasteiger partial charge in [0, 0.05) is 48.9 Å². The predicted octanol–water partition coefficient (Wildman–Crippen LogP) is 2.47. The minimum absolute atomic E-state index is 0.0608. The third-order valence-corrected chi connectivity index (χ3v) is 6.27. The van der Waals surface area contributed by atoms with E-state index in [9.17, 15) is 4.79 Å². The van der Waals surface area contributed by atoms with Gasteiger partial charge < -0.3 is 14.8 Å². The molecule has 3 aromatic rings. The van der Waals surface area contributed by atoms with E-state index in [0.29, 0.717) is 11.6 Å². The lowest BCUT2D eigenvalue weighted by molar-refractivity contribution is 0.0740. The molecule has 2 aliphatic rings. The molecule has 1 saturated heterocycles. The lowest BCUT2D eigenvalue weighted by atomic mass is 10.1. The zero-order valence-electron chi connectivity index (χ0n) is 14.6. The number of thiazole rings is 1. The highest BCUT2D eigenvalue weighted by Crippen LogP contribution is 2.48. The van der Waals surface area contributed by atoms with Crippen molar-refractivity contribution in [1.82, 2.24) is 24.8 Å². The average molecular weight is 368 g/mol. The summed E-state index contributed by atoms with van der Waals surface area (Å²) in [6.45, 7) is 5.19. The Balaban J connectivity index is 1.44. The number of rotatable bonds is 2. The van der Waals surface area contributed by atoms with E-state index < -0.39 is 0 Å². The van der Waals surface area contributed by atoms with Crippen molar-refractivity contribution in [2.75, 3.05) is 31.1 Å². The first-order chi connectivity index (χ1) is 12.6. The molecule has 1 spiro atoms. The molecule has 3 aromatic heterocycles. The monoisotopic (exact) mass is 368 g/mol. The summed E-state index contributed by atoms with van der Waals surface area (Å²) in [7, 11) is 0. The number of aryl methyl sites for hydroxylation is 1. The van der Waals surface area contributed by atoms with Gasteiger partial charge in [0.15, 0.2) is 5.01 Å². The fraction of sp³-hybridized carbons (Fsp3) is 0.444. The molecule has 4 heterocycles. The summed E-state index contributed by atoms with van der Waals surface area (Å²) in [5.41, 5.74) is 1.04. The predicted molar refractivity (Wildman–Crippen MR) is 101 cm³/mol. The average Bonchev–Trinajstić information content (AvgIpc) is 3.06. The van der Waals surface area contributed by atoms with Crippen LogP contribution in [0.3, 0.4) is 0 Å². The maximum absolute atomic E-state index is 12.9. The molecule has 2 fully saturated rings. The van der Waals surface area contributed by atoms with Crippen molar-refractivity contribution < 1.29 is 4.79 Å². The number of H-pyrrole nitrogens is 1. The standard InChI is InChI=1S/C18H20N6OS/c1-12-8-20-16(26-12)17(25)24-7-6-23(9-18(10-24)3-4-18)15-13-2-5-19-14(13)21-11-22-15/h2,5,8,11H,3-4,6-7,9-10H2,1H3,(H,19,21,22). The zero-order valence-corrected chi connectivity index (χ0v) is 15.4. The Morgan fingerprint density at radius 2 is 2.12 bits per heavy atom. The highest BCUT2D eigenvalue weighted by Gasteiger charge is 2.48. The smallest absolute Gasteiger partial charge is 0.282 e. The van der Waals surface area contributed by atoms with Crippen molar-refractivity contribution in [2.24, 2.45) is 5.41 Å². The maximum Gasteiger partial charge on any atom is 0.282 e. The maximum atomic E-state index is 12.9. The van der Waals surface area contributed by atoms with Crippen molar-refractivity contribution in [2.45, 2.75) is 19.8 Å². The first-order valence-corrected chi connectivity index (χ1v) is 9.70. The summed E-state index contributed by atoms with van der Waals surface area (Å²) in [6, 6.07) is 2.02. The highest BCUT2D eigenvalue weighted by atomic mass is 32.1. The third-order valence-electron chi connectivity index (χ3n) is 5.37. The number of nitrogens with zero attached hydrogens (tertiary/aromatic N) is 5. The first kappa shape index (κ1) is 15.7. The van der Waals surface area contributed by atoms with Crippen molar-refractivity contribution in [3.63, 3.8) is 0 Å². The minimum Gasteiger partial charge on any atom is -0.354 e. The van der Waals surface area contributed by atoms with E-state index in [1.807, 2.05) is 24.1 Å². The van der Waals surface area contributed by atoms with E-state index in [4.69, 9.17) is 0 Å². The van der Waals surface area contributed by atoms with Crippen molar-refractivity contribution in [1.29, 1.82) is 0 Å². The van der Waals surface area contributed by atoms with Crippen LogP contribution in [0.2, 0.25) is 0 Å². The number of carbonyl (C=O) groups is 1. The second kappa shape index (κ2) is 5.77. The molecule has 5 rings (SSSR count). The Kier molecular flexibility index (Phi) is 3.49. The molecule has 1 aliphatic heterocycles. The lowest BCUT2D eigenvalue weighted by Gasteiger charge is -2.25. The van der Waals surface area contributed by atoms with Crippen LogP contribution in [0.5, 0.6) is 0 Å². The molecule has 0 bridgehead atoms. The summed E-state index contributed by atoms with van der Waals surface area (Å²) < 4.78 is 0. The number of anilines is 1. The fourth-order valence-electron chi connectivity index (χ4n) is 3.81. The van der Waals surface area contributed by atoms with E-state index >= 15 is 0 Å². The van der Waals surface area contributed by atoms with Gasteiger partial charge in [-0.3, -0.25) is 4.79 Å². The van der Waals surface area contributed by atoms with Gasteiger partial charge >= 0.3 is 0 Å². The number of carbonyl (C=O) groups excluding carboxylic acids is 1. The van der Waals surface area contributed by atoms with E-state index in [2.05, 4.69) is 24.8 Å². The van der Waals surface area contributed by atoms with E-state index in [1.165, 1.54) is 11.3 Å². The summed E-state index contributed by atoms with van der Waals surface area (Å²) in [5, 5.41) is 1.64. The number of fused-ring (bicyclic) bond motifs is 1. The molecule has 0 atom stereocenters. The molecular weight excluding hydrogens is 348 g/mol. The molecule has 1 saturated carbocycles. The Labute approximate surface area is 155 Å². The van der Waals surface area contributed by atoms with Gasteiger partial charge in [-0.25, -0.2) is 15.0 Å². The molecule has 0 radical (unpaired) electrons. The summed E-state index contributed by atoms with van der Waals surface area (Å²) in [4.78, 5) is 34.6. The van der Waals surface area contributed by atoms with Crippen LogP contribution < -0.4 is 4.90 Å². The van der Waals surface area contributed by atoms with Gasteiger partial charge in [-0.1, -0.05) is 0 Å². The molecular formula is C18H20N6OS. The van der Waals surface area contributed by atoms with Crippen molar-refractivity contribution in [3.05, 3.63) is 34.7 Å². The Bertz CT molecular complexity index is 975. The van der Waals surface area contributed by atoms with Gasteiger partial charge in [0.25, 0.3) is 5.91 Å². The zero-order chi connectivity index (χ0) is 17.7. The third kappa shape index (κ3) is 2.65. The number of aromatic amines is 1. The van der Waals surface area contributed by atoms with Crippen molar-refractivity contribution >= 4 is 34.1 Å². The molecule has 26 heavy (non-hydrogen) atoms. The summed E-state index contributed by atoms with van der Waals surface area (Å²) in [6.07, 6.45) is 7.60.